The Labute approximate surface area is 183 Å². The van der Waals surface area contributed by atoms with E-state index in [-0.39, 0.29) is 17.2 Å². The molecule has 0 unspecified atom stereocenters. The molecule has 4 rings (SSSR count). The number of nitrogens with zero attached hydrogens (tertiary/aromatic N) is 1. The summed E-state index contributed by atoms with van der Waals surface area (Å²) in [5.74, 6) is -0.274. The summed E-state index contributed by atoms with van der Waals surface area (Å²) in [7, 11) is 0. The van der Waals surface area contributed by atoms with Gasteiger partial charge in [0.05, 0.1) is 16.8 Å². The molecule has 0 atom stereocenters. The molecule has 126 valence electrons. The summed E-state index contributed by atoms with van der Waals surface area (Å²) in [5, 5.41) is 11.2. The monoisotopic (exact) mass is 652 g/mol. The minimum absolute atomic E-state index is 0.0109. The van der Waals surface area contributed by atoms with Crippen LogP contribution in [0.3, 0.4) is 0 Å². The van der Waals surface area contributed by atoms with Crippen LogP contribution in [0.25, 0.3) is 10.9 Å². The highest BCUT2D eigenvalue weighted by molar-refractivity contribution is 9.13. The van der Waals surface area contributed by atoms with Crippen LogP contribution in [0.5, 0.6) is 5.75 Å². The first-order valence-electron chi connectivity index (χ1n) is 6.80. The second-order valence-corrected chi connectivity index (χ2v) is 9.60. The molecule has 0 fully saturated rings. The van der Waals surface area contributed by atoms with Crippen LogP contribution in [-0.2, 0) is 0 Å². The van der Waals surface area contributed by atoms with Gasteiger partial charge in [-0.25, -0.2) is 4.99 Å². The molecule has 0 spiro atoms. The molecule has 1 aliphatic heterocycles. The van der Waals surface area contributed by atoms with Crippen molar-refractivity contribution in [2.45, 2.75) is 0 Å². The Bertz CT molecular complexity index is 1130. The van der Waals surface area contributed by atoms with E-state index in [0.717, 1.165) is 13.4 Å². The third-order valence-corrected chi connectivity index (χ3v) is 7.51. The predicted octanol–water partition coefficient (Wildman–Crippen LogP) is 7.00. The normalized spacial score (nSPS) is 13.5. The lowest BCUT2D eigenvalue weighted by Gasteiger charge is -2.04. The summed E-state index contributed by atoms with van der Waals surface area (Å²) in [6.45, 7) is 0. The van der Waals surface area contributed by atoms with Crippen LogP contribution in [-0.4, -0.2) is 21.6 Å². The Morgan fingerprint density at radius 1 is 0.960 bits per heavy atom. The second kappa shape index (κ2) is 6.30. The smallest absolute Gasteiger partial charge is 0.217 e. The SMILES string of the molecule is O=C1C(c2[nH]c3c(Br)cc(Br)cc3c2O)=Nc2c(Br)cc(Br)c(Br)c21. The standard InChI is InChI=1S/C16H5Br5N2O2/c17-4-1-5-11(7(19)2-4)22-13(15(5)24)14-16(25)9-10(21)6(18)3-8(20)12(9)23-14/h1-3,22,24H. The fraction of sp³-hybridized carbons (Fsp3) is 0. The summed E-state index contributed by atoms with van der Waals surface area (Å²) in [4.78, 5) is 20.5. The lowest BCUT2D eigenvalue weighted by atomic mass is 10.1. The molecule has 9 heteroatoms. The molecular formula is C16H5Br5N2O2. The Morgan fingerprint density at radius 3 is 2.40 bits per heavy atom. The molecule has 0 radical (unpaired) electrons. The molecule has 0 bridgehead atoms. The molecule has 25 heavy (non-hydrogen) atoms. The van der Waals surface area contributed by atoms with Crippen molar-refractivity contribution in [2.75, 3.05) is 0 Å². The van der Waals surface area contributed by atoms with Crippen LogP contribution >= 0.6 is 79.6 Å². The van der Waals surface area contributed by atoms with Gasteiger partial charge in [-0.1, -0.05) is 15.9 Å². The van der Waals surface area contributed by atoms with E-state index in [4.69, 9.17) is 0 Å². The van der Waals surface area contributed by atoms with Gasteiger partial charge < -0.3 is 10.1 Å². The lowest BCUT2D eigenvalue weighted by molar-refractivity contribution is 0.106. The van der Waals surface area contributed by atoms with E-state index in [1.165, 1.54) is 0 Å². The fourth-order valence-electron chi connectivity index (χ4n) is 2.73. The topological polar surface area (TPSA) is 65.5 Å². The summed E-state index contributed by atoms with van der Waals surface area (Å²) in [5.41, 5.74) is 2.15. The number of nitrogens with one attached hydrogen (secondary N) is 1. The van der Waals surface area contributed by atoms with Crippen molar-refractivity contribution >= 4 is 108 Å². The highest BCUT2D eigenvalue weighted by atomic mass is 79.9. The van der Waals surface area contributed by atoms with E-state index in [2.05, 4.69) is 89.6 Å². The number of carbonyl (C=O) groups is 1. The van der Waals surface area contributed by atoms with Crippen molar-refractivity contribution in [1.29, 1.82) is 0 Å². The van der Waals surface area contributed by atoms with Gasteiger partial charge in [0.2, 0.25) is 5.78 Å². The van der Waals surface area contributed by atoms with Crippen LogP contribution in [0.1, 0.15) is 16.1 Å². The van der Waals surface area contributed by atoms with Gasteiger partial charge in [-0.05, 0) is 81.9 Å². The maximum absolute atomic E-state index is 12.9. The van der Waals surface area contributed by atoms with Crippen molar-refractivity contribution in [1.82, 2.24) is 4.98 Å². The number of aromatic nitrogens is 1. The minimum Gasteiger partial charge on any atom is -0.505 e. The molecular weight excluding hydrogens is 652 g/mol. The molecule has 2 aromatic carbocycles. The number of carbonyl (C=O) groups excluding carboxylic acids is 1. The fourth-order valence-corrected chi connectivity index (χ4v) is 5.79. The molecule has 1 aliphatic rings. The first kappa shape index (κ1) is 17.9. The number of ketones is 1. The number of benzene rings is 2. The van der Waals surface area contributed by atoms with Crippen LogP contribution in [0, 0.1) is 0 Å². The average molecular weight is 657 g/mol. The molecule has 0 amide bonds. The van der Waals surface area contributed by atoms with Crippen LogP contribution < -0.4 is 0 Å². The number of hydrogen-bond acceptors (Lipinski definition) is 3. The number of hydrogen-bond donors (Lipinski definition) is 2. The van der Waals surface area contributed by atoms with Crippen LogP contribution in [0.4, 0.5) is 5.69 Å². The highest BCUT2D eigenvalue weighted by Gasteiger charge is 2.33. The molecule has 0 aliphatic carbocycles. The Hall–Kier alpha value is -0.480. The Balaban J connectivity index is 1.97. The summed E-state index contributed by atoms with van der Waals surface area (Å²) >= 11 is 17.1. The van der Waals surface area contributed by atoms with Crippen molar-refractivity contribution in [3.63, 3.8) is 0 Å². The summed E-state index contributed by atoms with van der Waals surface area (Å²) < 4.78 is 3.65. The zero-order chi connectivity index (χ0) is 18.0. The number of aromatic hydroxyl groups is 1. The number of aliphatic imine (C=N–C) groups is 1. The number of aromatic amines is 1. The highest BCUT2D eigenvalue weighted by Crippen LogP contribution is 2.45. The third kappa shape index (κ3) is 2.70. The van der Waals surface area contributed by atoms with E-state index >= 15 is 0 Å². The molecule has 0 saturated carbocycles. The average Bonchev–Trinajstić information content (AvgIpc) is 3.04. The van der Waals surface area contributed by atoms with Gasteiger partial charge in [0, 0.05) is 27.7 Å². The van der Waals surface area contributed by atoms with Crippen molar-refractivity contribution in [2.24, 2.45) is 4.99 Å². The van der Waals surface area contributed by atoms with E-state index in [1.54, 1.807) is 6.07 Å². The van der Waals surface area contributed by atoms with Gasteiger partial charge in [-0.2, -0.15) is 0 Å². The first-order valence-corrected chi connectivity index (χ1v) is 10.8. The number of Topliss-reactive ketones (excluding diaryl/α,β-unsaturated/α-hetero) is 1. The van der Waals surface area contributed by atoms with Crippen LogP contribution in [0.2, 0.25) is 0 Å². The van der Waals surface area contributed by atoms with E-state index in [0.29, 0.717) is 36.8 Å². The Morgan fingerprint density at radius 2 is 1.68 bits per heavy atom. The maximum Gasteiger partial charge on any atom is 0.217 e. The molecule has 0 saturated heterocycles. The lowest BCUT2D eigenvalue weighted by Crippen LogP contribution is -2.12. The van der Waals surface area contributed by atoms with Gasteiger partial charge >= 0.3 is 0 Å². The molecule has 2 heterocycles. The summed E-state index contributed by atoms with van der Waals surface area (Å²) in [6.07, 6.45) is 0. The van der Waals surface area contributed by atoms with E-state index in [1.807, 2.05) is 12.1 Å². The minimum atomic E-state index is -0.263. The molecule has 3 aromatic rings. The zero-order valence-corrected chi connectivity index (χ0v) is 19.9. The largest absolute Gasteiger partial charge is 0.505 e. The molecule has 2 N–H and O–H groups in total. The van der Waals surface area contributed by atoms with E-state index in [9.17, 15) is 9.90 Å². The second-order valence-electron chi connectivity index (χ2n) is 5.33. The number of H-pyrrole nitrogens is 1. The maximum atomic E-state index is 12.9. The van der Waals surface area contributed by atoms with Crippen molar-refractivity contribution in [3.8, 4) is 5.75 Å². The summed E-state index contributed by atoms with van der Waals surface area (Å²) in [6, 6.07) is 5.46. The van der Waals surface area contributed by atoms with Gasteiger partial charge in [-0.15, -0.1) is 0 Å². The van der Waals surface area contributed by atoms with Crippen molar-refractivity contribution in [3.05, 3.63) is 51.8 Å². The van der Waals surface area contributed by atoms with Gasteiger partial charge in [-0.3, -0.25) is 4.79 Å². The molecule has 1 aromatic heterocycles. The zero-order valence-electron chi connectivity index (χ0n) is 11.9. The predicted molar refractivity (Wildman–Crippen MR) is 115 cm³/mol. The number of fused-ring (bicyclic) bond motifs is 2. The van der Waals surface area contributed by atoms with Gasteiger partial charge in [0.15, 0.2) is 5.75 Å². The quantitative estimate of drug-likeness (QED) is 0.277. The Kier molecular flexibility index (Phi) is 4.51. The number of halogens is 5. The van der Waals surface area contributed by atoms with Crippen molar-refractivity contribution < 1.29 is 9.90 Å². The molecule has 4 nitrogen and oxygen atoms in total. The first-order chi connectivity index (χ1) is 11.8. The van der Waals surface area contributed by atoms with E-state index < -0.39 is 0 Å². The third-order valence-electron chi connectivity index (χ3n) is 3.85. The van der Waals surface area contributed by atoms with Gasteiger partial charge in [0.1, 0.15) is 11.4 Å². The van der Waals surface area contributed by atoms with Gasteiger partial charge in [0.25, 0.3) is 0 Å². The van der Waals surface area contributed by atoms with Crippen LogP contribution in [0.15, 0.2) is 45.6 Å². The number of rotatable bonds is 1.